The molecule has 0 aliphatic heterocycles. The lowest BCUT2D eigenvalue weighted by Gasteiger charge is -2.09. The van der Waals surface area contributed by atoms with Crippen molar-refractivity contribution in [2.24, 2.45) is 0 Å². The molecule has 0 spiro atoms. The lowest BCUT2D eigenvalue weighted by atomic mass is 10.2. The van der Waals surface area contributed by atoms with Crippen molar-refractivity contribution < 1.29 is 0 Å². The van der Waals surface area contributed by atoms with Crippen LogP contribution >= 0.6 is 23.2 Å². The Labute approximate surface area is 128 Å². The molecular formula is C15H17Cl2N3. The second-order valence-electron chi connectivity index (χ2n) is 5.27. The van der Waals surface area contributed by atoms with Gasteiger partial charge in [-0.15, -0.1) is 0 Å². The van der Waals surface area contributed by atoms with E-state index in [1.54, 1.807) is 0 Å². The largest absolute Gasteiger partial charge is 0.310 e. The van der Waals surface area contributed by atoms with Crippen LogP contribution < -0.4 is 5.32 Å². The molecule has 2 aromatic rings. The fourth-order valence-electron chi connectivity index (χ4n) is 2.19. The van der Waals surface area contributed by atoms with E-state index in [0.29, 0.717) is 22.6 Å². The van der Waals surface area contributed by atoms with Crippen molar-refractivity contribution in [2.75, 3.05) is 0 Å². The van der Waals surface area contributed by atoms with Crippen LogP contribution in [0.1, 0.15) is 29.7 Å². The first-order valence-corrected chi connectivity index (χ1v) is 7.58. The molecule has 1 aromatic heterocycles. The molecule has 1 fully saturated rings. The van der Waals surface area contributed by atoms with Gasteiger partial charge in [0.05, 0.1) is 12.7 Å². The summed E-state index contributed by atoms with van der Waals surface area (Å²) in [5.41, 5.74) is 3.32. The van der Waals surface area contributed by atoms with Crippen molar-refractivity contribution in [3.63, 3.8) is 0 Å². The second kappa shape index (κ2) is 5.76. The Bertz CT molecular complexity index is 597. The van der Waals surface area contributed by atoms with Gasteiger partial charge < -0.3 is 5.32 Å². The molecule has 1 N–H and O–H groups in total. The molecule has 5 heteroatoms. The van der Waals surface area contributed by atoms with Gasteiger partial charge in [0.1, 0.15) is 0 Å². The number of aromatic nitrogens is 2. The Morgan fingerprint density at radius 1 is 1.30 bits per heavy atom. The van der Waals surface area contributed by atoms with E-state index in [9.17, 15) is 0 Å². The predicted octanol–water partition coefficient (Wildman–Crippen LogP) is 3.80. The molecule has 0 bridgehead atoms. The molecule has 106 valence electrons. The fraction of sp³-hybridized carbons (Fsp3) is 0.400. The van der Waals surface area contributed by atoms with E-state index in [-0.39, 0.29) is 0 Å². The van der Waals surface area contributed by atoms with Gasteiger partial charge in [0.15, 0.2) is 0 Å². The van der Waals surface area contributed by atoms with Crippen LogP contribution in [0.3, 0.4) is 0 Å². The zero-order chi connectivity index (χ0) is 14.1. The number of hydrogen-bond donors (Lipinski definition) is 1. The van der Waals surface area contributed by atoms with Crippen LogP contribution in [-0.4, -0.2) is 15.8 Å². The Balaban J connectivity index is 1.77. The number of nitrogens with one attached hydrogen (secondary N) is 1. The van der Waals surface area contributed by atoms with Crippen LogP contribution in [0.15, 0.2) is 24.4 Å². The summed E-state index contributed by atoms with van der Waals surface area (Å²) < 4.78 is 1.96. The molecule has 20 heavy (non-hydrogen) atoms. The minimum atomic E-state index is 0.605. The van der Waals surface area contributed by atoms with Crippen molar-refractivity contribution in [3.8, 4) is 0 Å². The van der Waals surface area contributed by atoms with Crippen molar-refractivity contribution >= 4 is 23.2 Å². The van der Waals surface area contributed by atoms with Gasteiger partial charge in [0, 0.05) is 39.5 Å². The molecule has 1 aliphatic carbocycles. The van der Waals surface area contributed by atoms with E-state index in [1.807, 2.05) is 29.1 Å². The third kappa shape index (κ3) is 3.00. The summed E-state index contributed by atoms with van der Waals surface area (Å²) in [6.45, 7) is 3.57. The van der Waals surface area contributed by atoms with Crippen molar-refractivity contribution in [1.82, 2.24) is 15.1 Å². The zero-order valence-electron chi connectivity index (χ0n) is 11.4. The first-order chi connectivity index (χ1) is 9.65. The van der Waals surface area contributed by atoms with Gasteiger partial charge in [-0.2, -0.15) is 5.10 Å². The van der Waals surface area contributed by atoms with Gasteiger partial charge >= 0.3 is 0 Å². The van der Waals surface area contributed by atoms with Crippen LogP contribution in [0.2, 0.25) is 10.0 Å². The monoisotopic (exact) mass is 309 g/mol. The molecule has 0 saturated heterocycles. The number of benzene rings is 1. The van der Waals surface area contributed by atoms with E-state index >= 15 is 0 Å². The van der Waals surface area contributed by atoms with E-state index in [4.69, 9.17) is 23.2 Å². The SMILES string of the molecule is Cc1c(CNC2CC2)cnn1Cc1c(Cl)cccc1Cl. The van der Waals surface area contributed by atoms with Crippen molar-refractivity contribution in [1.29, 1.82) is 0 Å². The molecule has 0 amide bonds. The summed E-state index contributed by atoms with van der Waals surface area (Å²) in [7, 11) is 0. The summed E-state index contributed by atoms with van der Waals surface area (Å²) in [6.07, 6.45) is 4.51. The van der Waals surface area contributed by atoms with E-state index in [2.05, 4.69) is 17.3 Å². The molecule has 3 rings (SSSR count). The van der Waals surface area contributed by atoms with Crippen LogP contribution in [0.4, 0.5) is 0 Å². The number of nitrogens with zero attached hydrogens (tertiary/aromatic N) is 2. The molecular weight excluding hydrogens is 293 g/mol. The van der Waals surface area contributed by atoms with Gasteiger partial charge in [0.25, 0.3) is 0 Å². The maximum Gasteiger partial charge on any atom is 0.0691 e. The van der Waals surface area contributed by atoms with E-state index in [0.717, 1.165) is 17.8 Å². The van der Waals surface area contributed by atoms with Crippen LogP contribution in [0.5, 0.6) is 0 Å². The molecule has 1 aliphatic rings. The quantitative estimate of drug-likeness (QED) is 0.910. The minimum Gasteiger partial charge on any atom is -0.310 e. The summed E-state index contributed by atoms with van der Waals surface area (Å²) in [5, 5.41) is 9.33. The maximum absolute atomic E-state index is 6.21. The highest BCUT2D eigenvalue weighted by Gasteiger charge is 2.21. The third-order valence-electron chi connectivity index (χ3n) is 3.73. The predicted molar refractivity (Wildman–Crippen MR) is 82.4 cm³/mol. The fourth-order valence-corrected chi connectivity index (χ4v) is 2.71. The van der Waals surface area contributed by atoms with E-state index in [1.165, 1.54) is 18.4 Å². The highest BCUT2D eigenvalue weighted by atomic mass is 35.5. The zero-order valence-corrected chi connectivity index (χ0v) is 12.9. The summed E-state index contributed by atoms with van der Waals surface area (Å²) in [5.74, 6) is 0. The molecule has 1 heterocycles. The lowest BCUT2D eigenvalue weighted by Crippen LogP contribution is -2.16. The molecule has 0 unspecified atom stereocenters. The highest BCUT2D eigenvalue weighted by molar-refractivity contribution is 6.35. The summed E-state index contributed by atoms with van der Waals surface area (Å²) in [4.78, 5) is 0. The maximum atomic E-state index is 6.21. The topological polar surface area (TPSA) is 29.9 Å². The Morgan fingerprint density at radius 3 is 2.65 bits per heavy atom. The average Bonchev–Trinajstić information content (AvgIpc) is 3.18. The number of halogens is 2. The van der Waals surface area contributed by atoms with Gasteiger partial charge in [-0.1, -0.05) is 29.3 Å². The van der Waals surface area contributed by atoms with Gasteiger partial charge in [0.2, 0.25) is 0 Å². The third-order valence-corrected chi connectivity index (χ3v) is 4.44. The number of rotatable bonds is 5. The minimum absolute atomic E-state index is 0.605. The molecule has 0 atom stereocenters. The van der Waals surface area contributed by atoms with Crippen molar-refractivity contribution in [3.05, 3.63) is 51.3 Å². The Hall–Kier alpha value is -1.03. The molecule has 0 radical (unpaired) electrons. The van der Waals surface area contributed by atoms with Gasteiger partial charge in [-0.3, -0.25) is 4.68 Å². The normalized spacial score (nSPS) is 14.8. The molecule has 3 nitrogen and oxygen atoms in total. The summed E-state index contributed by atoms with van der Waals surface area (Å²) in [6, 6.07) is 6.28. The molecule has 1 saturated carbocycles. The second-order valence-corrected chi connectivity index (χ2v) is 6.08. The Kier molecular flexibility index (Phi) is 4.01. The van der Waals surface area contributed by atoms with Crippen molar-refractivity contribution in [2.45, 2.75) is 38.9 Å². The Morgan fingerprint density at radius 2 is 2.00 bits per heavy atom. The first-order valence-electron chi connectivity index (χ1n) is 6.82. The summed E-state index contributed by atoms with van der Waals surface area (Å²) >= 11 is 12.4. The van der Waals surface area contributed by atoms with Crippen LogP contribution in [0, 0.1) is 6.92 Å². The average molecular weight is 310 g/mol. The smallest absolute Gasteiger partial charge is 0.0691 e. The molecule has 1 aromatic carbocycles. The van der Waals surface area contributed by atoms with E-state index < -0.39 is 0 Å². The lowest BCUT2D eigenvalue weighted by molar-refractivity contribution is 0.654. The number of hydrogen-bond acceptors (Lipinski definition) is 2. The van der Waals surface area contributed by atoms with Gasteiger partial charge in [-0.25, -0.2) is 0 Å². The standard InChI is InChI=1S/C15H17Cl2N3/c1-10-11(7-18-12-5-6-12)8-19-20(10)9-13-14(16)3-2-4-15(13)17/h2-4,8,12,18H,5-7,9H2,1H3. The van der Waals surface area contributed by atoms with Crippen LogP contribution in [-0.2, 0) is 13.1 Å². The van der Waals surface area contributed by atoms with Gasteiger partial charge in [-0.05, 0) is 31.9 Å². The highest BCUT2D eigenvalue weighted by Crippen LogP contribution is 2.26. The van der Waals surface area contributed by atoms with Crippen LogP contribution in [0.25, 0.3) is 0 Å². The first kappa shape index (κ1) is 13.9.